The molecule has 2 aliphatic rings. The van der Waals surface area contributed by atoms with Gasteiger partial charge in [0.05, 0.1) is 0 Å². The predicted molar refractivity (Wildman–Crippen MR) is 83.8 cm³/mol. The second kappa shape index (κ2) is 4.55. The minimum absolute atomic E-state index is 0.940. The van der Waals surface area contributed by atoms with E-state index in [1.54, 1.807) is 11.1 Å². The number of anilines is 2. The first-order valence-electron chi connectivity index (χ1n) is 7.55. The van der Waals surface area contributed by atoms with Gasteiger partial charge in [0.25, 0.3) is 0 Å². The number of rotatable bonds is 1. The highest BCUT2D eigenvalue weighted by molar-refractivity contribution is 5.63. The second-order valence-electron chi connectivity index (χ2n) is 5.96. The van der Waals surface area contributed by atoms with Crippen LogP contribution in [0.4, 0.5) is 11.4 Å². The molecule has 2 aromatic carbocycles. The zero-order valence-electron chi connectivity index (χ0n) is 11.7. The van der Waals surface area contributed by atoms with Gasteiger partial charge in [0.1, 0.15) is 0 Å². The molecule has 2 aromatic rings. The van der Waals surface area contributed by atoms with Crippen LogP contribution in [-0.4, -0.2) is 0 Å². The van der Waals surface area contributed by atoms with E-state index in [1.165, 1.54) is 42.5 Å². The van der Waals surface area contributed by atoms with Gasteiger partial charge >= 0.3 is 0 Å². The van der Waals surface area contributed by atoms with Crippen LogP contribution in [0, 0.1) is 0 Å². The SMILES string of the molecule is Nc1cccc2c1CN(c1cccc3c1CCCC3)C2. The van der Waals surface area contributed by atoms with Gasteiger partial charge in [-0.1, -0.05) is 24.3 Å². The highest BCUT2D eigenvalue weighted by Gasteiger charge is 2.24. The molecular formula is C18H20N2. The van der Waals surface area contributed by atoms with Crippen molar-refractivity contribution in [3.05, 3.63) is 58.7 Å². The summed E-state index contributed by atoms with van der Waals surface area (Å²) in [7, 11) is 0. The van der Waals surface area contributed by atoms with Crippen LogP contribution in [0.25, 0.3) is 0 Å². The van der Waals surface area contributed by atoms with Gasteiger partial charge in [-0.2, -0.15) is 0 Å². The van der Waals surface area contributed by atoms with Crippen molar-refractivity contribution in [1.82, 2.24) is 0 Å². The van der Waals surface area contributed by atoms with Gasteiger partial charge in [-0.05, 0) is 60.1 Å². The third-order valence-corrected chi connectivity index (χ3v) is 4.73. The van der Waals surface area contributed by atoms with Gasteiger partial charge in [0.15, 0.2) is 0 Å². The normalized spacial score (nSPS) is 16.9. The Morgan fingerprint density at radius 2 is 1.60 bits per heavy atom. The van der Waals surface area contributed by atoms with E-state index in [9.17, 15) is 0 Å². The molecule has 102 valence electrons. The highest BCUT2D eigenvalue weighted by Crippen LogP contribution is 2.36. The lowest BCUT2D eigenvalue weighted by atomic mass is 9.90. The molecule has 0 saturated carbocycles. The minimum atomic E-state index is 0.940. The largest absolute Gasteiger partial charge is 0.398 e. The number of fused-ring (bicyclic) bond motifs is 2. The number of nitrogen functional groups attached to an aromatic ring is 1. The molecule has 0 spiro atoms. The average Bonchev–Trinajstić information content (AvgIpc) is 2.92. The monoisotopic (exact) mass is 264 g/mol. The summed E-state index contributed by atoms with van der Waals surface area (Å²) in [4.78, 5) is 2.49. The van der Waals surface area contributed by atoms with Crippen LogP contribution in [0.1, 0.15) is 35.1 Å². The van der Waals surface area contributed by atoms with Crippen molar-refractivity contribution in [3.8, 4) is 0 Å². The molecule has 2 heteroatoms. The molecule has 0 bridgehead atoms. The Morgan fingerprint density at radius 1 is 0.800 bits per heavy atom. The summed E-state index contributed by atoms with van der Waals surface area (Å²) in [6, 6.07) is 13.1. The van der Waals surface area contributed by atoms with E-state index in [0.29, 0.717) is 0 Å². The van der Waals surface area contributed by atoms with Crippen molar-refractivity contribution in [2.75, 3.05) is 10.6 Å². The van der Waals surface area contributed by atoms with Crippen LogP contribution in [0.2, 0.25) is 0 Å². The molecule has 0 aromatic heterocycles. The van der Waals surface area contributed by atoms with Gasteiger partial charge in [0.2, 0.25) is 0 Å². The molecule has 1 heterocycles. The Kier molecular flexibility index (Phi) is 2.69. The summed E-state index contributed by atoms with van der Waals surface area (Å²) >= 11 is 0. The lowest BCUT2D eigenvalue weighted by Gasteiger charge is -2.26. The van der Waals surface area contributed by atoms with Crippen molar-refractivity contribution in [1.29, 1.82) is 0 Å². The Balaban J connectivity index is 1.73. The number of hydrogen-bond acceptors (Lipinski definition) is 2. The highest BCUT2D eigenvalue weighted by atomic mass is 15.1. The smallest absolute Gasteiger partial charge is 0.0457 e. The van der Waals surface area contributed by atoms with E-state index < -0.39 is 0 Å². The van der Waals surface area contributed by atoms with Crippen molar-refractivity contribution in [2.45, 2.75) is 38.8 Å². The maximum Gasteiger partial charge on any atom is 0.0457 e. The van der Waals surface area contributed by atoms with Crippen LogP contribution in [-0.2, 0) is 25.9 Å². The molecule has 0 saturated heterocycles. The standard InChI is InChI=1S/C18H20N2/c19-17-9-3-7-14-11-20(12-16(14)17)18-10-4-6-13-5-1-2-8-15(13)18/h3-4,6-7,9-10H,1-2,5,8,11-12,19H2. The van der Waals surface area contributed by atoms with Crippen LogP contribution >= 0.6 is 0 Å². The summed E-state index contributed by atoms with van der Waals surface area (Å²) in [5, 5.41) is 0. The fraction of sp³-hybridized carbons (Fsp3) is 0.333. The Hall–Kier alpha value is -1.96. The first-order valence-corrected chi connectivity index (χ1v) is 7.55. The number of benzene rings is 2. The summed E-state index contributed by atoms with van der Waals surface area (Å²) in [6.45, 7) is 1.95. The number of nitrogens with zero attached hydrogens (tertiary/aromatic N) is 1. The van der Waals surface area contributed by atoms with E-state index in [0.717, 1.165) is 18.8 Å². The lowest BCUT2D eigenvalue weighted by molar-refractivity contribution is 0.681. The van der Waals surface area contributed by atoms with Gasteiger partial charge in [-0.3, -0.25) is 0 Å². The number of nitrogens with two attached hydrogens (primary N) is 1. The predicted octanol–water partition coefficient (Wildman–Crippen LogP) is 3.67. The first-order chi connectivity index (χ1) is 9.83. The molecule has 0 fully saturated rings. The fourth-order valence-corrected chi connectivity index (χ4v) is 3.68. The van der Waals surface area contributed by atoms with E-state index in [1.807, 2.05) is 6.07 Å². The van der Waals surface area contributed by atoms with Crippen molar-refractivity contribution >= 4 is 11.4 Å². The molecule has 20 heavy (non-hydrogen) atoms. The van der Waals surface area contributed by atoms with E-state index in [-0.39, 0.29) is 0 Å². The molecule has 2 N–H and O–H groups in total. The van der Waals surface area contributed by atoms with Gasteiger partial charge in [0, 0.05) is 24.5 Å². The molecule has 1 aliphatic heterocycles. The quantitative estimate of drug-likeness (QED) is 0.796. The fourth-order valence-electron chi connectivity index (χ4n) is 3.68. The summed E-state index contributed by atoms with van der Waals surface area (Å²) < 4.78 is 0. The van der Waals surface area contributed by atoms with Gasteiger partial charge in [-0.15, -0.1) is 0 Å². The Labute approximate surface area is 120 Å². The second-order valence-corrected chi connectivity index (χ2v) is 5.96. The Morgan fingerprint density at radius 3 is 2.50 bits per heavy atom. The summed E-state index contributed by atoms with van der Waals surface area (Å²) in [5.41, 5.74) is 14.3. The molecular weight excluding hydrogens is 244 g/mol. The van der Waals surface area contributed by atoms with Crippen molar-refractivity contribution in [3.63, 3.8) is 0 Å². The topological polar surface area (TPSA) is 29.3 Å². The van der Waals surface area contributed by atoms with Crippen molar-refractivity contribution < 1.29 is 0 Å². The van der Waals surface area contributed by atoms with Crippen LogP contribution in [0.3, 0.4) is 0 Å². The lowest BCUT2D eigenvalue weighted by Crippen LogP contribution is -2.18. The Bertz CT molecular complexity index is 660. The summed E-state index contributed by atoms with van der Waals surface area (Å²) in [6.07, 6.45) is 5.14. The maximum atomic E-state index is 6.12. The number of hydrogen-bond donors (Lipinski definition) is 1. The molecule has 1 aliphatic carbocycles. The van der Waals surface area contributed by atoms with Crippen LogP contribution in [0.15, 0.2) is 36.4 Å². The molecule has 0 atom stereocenters. The third kappa shape index (κ3) is 1.79. The van der Waals surface area contributed by atoms with Gasteiger partial charge in [-0.25, -0.2) is 0 Å². The van der Waals surface area contributed by atoms with Crippen LogP contribution < -0.4 is 10.6 Å². The summed E-state index contributed by atoms with van der Waals surface area (Å²) in [5.74, 6) is 0. The zero-order valence-corrected chi connectivity index (χ0v) is 11.7. The van der Waals surface area contributed by atoms with Crippen molar-refractivity contribution in [2.24, 2.45) is 0 Å². The first kappa shape index (κ1) is 11.8. The average molecular weight is 264 g/mol. The van der Waals surface area contributed by atoms with E-state index in [2.05, 4.69) is 35.2 Å². The minimum Gasteiger partial charge on any atom is -0.398 e. The van der Waals surface area contributed by atoms with E-state index >= 15 is 0 Å². The maximum absolute atomic E-state index is 6.12. The third-order valence-electron chi connectivity index (χ3n) is 4.73. The molecule has 2 nitrogen and oxygen atoms in total. The van der Waals surface area contributed by atoms with Crippen LogP contribution in [0.5, 0.6) is 0 Å². The molecule has 0 unspecified atom stereocenters. The molecule has 4 rings (SSSR count). The number of aryl methyl sites for hydroxylation is 1. The molecule has 0 radical (unpaired) electrons. The van der Waals surface area contributed by atoms with E-state index in [4.69, 9.17) is 5.73 Å². The molecule has 0 amide bonds. The van der Waals surface area contributed by atoms with Gasteiger partial charge < -0.3 is 10.6 Å². The zero-order chi connectivity index (χ0) is 13.5.